The van der Waals surface area contributed by atoms with Crippen LogP contribution in [0, 0.1) is 5.92 Å². The summed E-state index contributed by atoms with van der Waals surface area (Å²) < 4.78 is 5.04. The predicted octanol–water partition coefficient (Wildman–Crippen LogP) is 3.70. The molecule has 1 aromatic rings. The van der Waals surface area contributed by atoms with Gasteiger partial charge in [0.25, 0.3) is 0 Å². The van der Waals surface area contributed by atoms with E-state index in [0.717, 1.165) is 12.0 Å². The van der Waals surface area contributed by atoms with Gasteiger partial charge in [0.05, 0.1) is 12.5 Å². The molecule has 0 amide bonds. The standard InChI is InChI=1S/C16H22O2/c1-16(15(17)18-2,12-13-8-6-7-9-13)14-10-4-3-5-11-14/h3-5,10-11,13H,6-9,12H2,1-2H3. The average Bonchev–Trinajstić information content (AvgIpc) is 2.91. The molecule has 0 N–H and O–H groups in total. The SMILES string of the molecule is COC(=O)C(C)(CC1CCCC1)c1ccccc1. The Kier molecular flexibility index (Phi) is 4.05. The van der Waals surface area contributed by atoms with E-state index in [-0.39, 0.29) is 5.97 Å². The van der Waals surface area contributed by atoms with Crippen molar-refractivity contribution in [2.24, 2.45) is 5.92 Å². The van der Waals surface area contributed by atoms with E-state index in [4.69, 9.17) is 4.74 Å². The van der Waals surface area contributed by atoms with Crippen LogP contribution in [-0.2, 0) is 14.9 Å². The van der Waals surface area contributed by atoms with Crippen LogP contribution in [0.2, 0.25) is 0 Å². The van der Waals surface area contributed by atoms with E-state index < -0.39 is 5.41 Å². The highest BCUT2D eigenvalue weighted by Gasteiger charge is 2.38. The Hall–Kier alpha value is -1.31. The second-order valence-electron chi connectivity index (χ2n) is 5.54. The molecule has 0 aliphatic heterocycles. The number of hydrogen-bond donors (Lipinski definition) is 0. The minimum absolute atomic E-state index is 0.111. The Labute approximate surface area is 109 Å². The molecule has 0 heterocycles. The fraction of sp³-hybridized carbons (Fsp3) is 0.562. The molecule has 1 fully saturated rings. The van der Waals surface area contributed by atoms with Crippen molar-refractivity contribution in [3.05, 3.63) is 35.9 Å². The van der Waals surface area contributed by atoms with E-state index in [1.807, 2.05) is 37.3 Å². The van der Waals surface area contributed by atoms with Gasteiger partial charge in [-0.25, -0.2) is 0 Å². The number of hydrogen-bond acceptors (Lipinski definition) is 2. The van der Waals surface area contributed by atoms with Crippen LogP contribution in [0.25, 0.3) is 0 Å². The van der Waals surface area contributed by atoms with E-state index in [1.54, 1.807) is 0 Å². The Bertz CT molecular complexity index is 393. The number of esters is 1. The van der Waals surface area contributed by atoms with Gasteiger partial charge in [-0.1, -0.05) is 56.0 Å². The van der Waals surface area contributed by atoms with Gasteiger partial charge in [-0.05, 0) is 24.8 Å². The van der Waals surface area contributed by atoms with Crippen molar-refractivity contribution in [1.82, 2.24) is 0 Å². The van der Waals surface area contributed by atoms with E-state index >= 15 is 0 Å². The van der Waals surface area contributed by atoms with Gasteiger partial charge in [0, 0.05) is 0 Å². The summed E-state index contributed by atoms with van der Waals surface area (Å²) in [7, 11) is 1.48. The molecule has 1 aliphatic carbocycles. The van der Waals surface area contributed by atoms with Crippen LogP contribution < -0.4 is 0 Å². The first-order valence-electron chi connectivity index (χ1n) is 6.81. The molecule has 1 saturated carbocycles. The van der Waals surface area contributed by atoms with Crippen molar-refractivity contribution in [3.8, 4) is 0 Å². The summed E-state index contributed by atoms with van der Waals surface area (Å²) >= 11 is 0. The highest BCUT2D eigenvalue weighted by Crippen LogP contribution is 2.38. The number of ether oxygens (including phenoxy) is 1. The molecular formula is C16H22O2. The lowest BCUT2D eigenvalue weighted by atomic mass is 9.75. The summed E-state index contributed by atoms with van der Waals surface area (Å²) in [6.07, 6.45) is 6.01. The van der Waals surface area contributed by atoms with Crippen molar-refractivity contribution in [2.75, 3.05) is 7.11 Å². The van der Waals surface area contributed by atoms with Gasteiger partial charge in [0.2, 0.25) is 0 Å². The first-order chi connectivity index (χ1) is 8.66. The van der Waals surface area contributed by atoms with Crippen molar-refractivity contribution >= 4 is 5.97 Å². The van der Waals surface area contributed by atoms with Crippen LogP contribution in [-0.4, -0.2) is 13.1 Å². The van der Waals surface area contributed by atoms with Gasteiger partial charge < -0.3 is 4.74 Å². The maximum atomic E-state index is 12.2. The highest BCUT2D eigenvalue weighted by atomic mass is 16.5. The van der Waals surface area contributed by atoms with Crippen LogP contribution in [0.5, 0.6) is 0 Å². The van der Waals surface area contributed by atoms with Gasteiger partial charge in [-0.15, -0.1) is 0 Å². The molecule has 1 aliphatic rings. The Morgan fingerprint density at radius 3 is 2.44 bits per heavy atom. The summed E-state index contributed by atoms with van der Waals surface area (Å²) in [6.45, 7) is 2.02. The topological polar surface area (TPSA) is 26.3 Å². The van der Waals surface area contributed by atoms with E-state index in [9.17, 15) is 4.79 Å². The van der Waals surface area contributed by atoms with Crippen LogP contribution in [0.15, 0.2) is 30.3 Å². The molecule has 2 nitrogen and oxygen atoms in total. The highest BCUT2D eigenvalue weighted by molar-refractivity contribution is 5.82. The number of benzene rings is 1. The number of methoxy groups -OCH3 is 1. The molecule has 0 radical (unpaired) electrons. The number of carbonyl (C=O) groups excluding carboxylic acids is 1. The van der Waals surface area contributed by atoms with Gasteiger partial charge in [0.15, 0.2) is 0 Å². The summed E-state index contributed by atoms with van der Waals surface area (Å²) in [4.78, 5) is 12.2. The van der Waals surface area contributed by atoms with Crippen molar-refractivity contribution in [1.29, 1.82) is 0 Å². The maximum Gasteiger partial charge on any atom is 0.316 e. The van der Waals surface area contributed by atoms with E-state index in [1.165, 1.54) is 32.8 Å². The minimum atomic E-state index is -0.495. The zero-order valence-corrected chi connectivity index (χ0v) is 11.3. The lowest BCUT2D eigenvalue weighted by Gasteiger charge is -2.30. The van der Waals surface area contributed by atoms with Crippen LogP contribution in [0.1, 0.15) is 44.6 Å². The van der Waals surface area contributed by atoms with Crippen molar-refractivity contribution in [2.45, 2.75) is 44.4 Å². The third kappa shape index (κ3) is 2.58. The fourth-order valence-corrected chi connectivity index (χ4v) is 3.14. The summed E-state index contributed by atoms with van der Waals surface area (Å²) in [6, 6.07) is 10.0. The second kappa shape index (κ2) is 5.55. The van der Waals surface area contributed by atoms with E-state index in [0.29, 0.717) is 5.92 Å². The molecule has 0 bridgehead atoms. The summed E-state index contributed by atoms with van der Waals surface area (Å²) in [5.41, 5.74) is 0.578. The first-order valence-corrected chi connectivity index (χ1v) is 6.81. The van der Waals surface area contributed by atoms with Crippen LogP contribution in [0.4, 0.5) is 0 Å². The lowest BCUT2D eigenvalue weighted by molar-refractivity contribution is -0.147. The van der Waals surface area contributed by atoms with E-state index in [2.05, 4.69) is 0 Å². The van der Waals surface area contributed by atoms with Gasteiger partial charge in [-0.3, -0.25) is 4.79 Å². The Morgan fingerprint density at radius 1 is 1.28 bits per heavy atom. The molecule has 18 heavy (non-hydrogen) atoms. The largest absolute Gasteiger partial charge is 0.468 e. The normalized spacial score (nSPS) is 19.4. The van der Waals surface area contributed by atoms with Crippen molar-refractivity contribution < 1.29 is 9.53 Å². The van der Waals surface area contributed by atoms with Gasteiger partial charge >= 0.3 is 5.97 Å². The molecule has 0 spiro atoms. The Morgan fingerprint density at radius 2 is 1.89 bits per heavy atom. The minimum Gasteiger partial charge on any atom is -0.468 e. The van der Waals surface area contributed by atoms with Gasteiger partial charge in [0.1, 0.15) is 0 Å². The number of carbonyl (C=O) groups is 1. The zero-order chi connectivity index (χ0) is 13.0. The molecule has 2 rings (SSSR count). The zero-order valence-electron chi connectivity index (χ0n) is 11.3. The average molecular weight is 246 g/mol. The summed E-state index contributed by atoms with van der Waals surface area (Å²) in [5, 5.41) is 0. The smallest absolute Gasteiger partial charge is 0.316 e. The number of rotatable bonds is 4. The molecule has 1 unspecified atom stereocenters. The molecule has 98 valence electrons. The predicted molar refractivity (Wildman–Crippen MR) is 72.4 cm³/mol. The van der Waals surface area contributed by atoms with Gasteiger partial charge in [-0.2, -0.15) is 0 Å². The Balaban J connectivity index is 2.25. The monoisotopic (exact) mass is 246 g/mol. The fourth-order valence-electron chi connectivity index (χ4n) is 3.14. The summed E-state index contributed by atoms with van der Waals surface area (Å²) in [5.74, 6) is 0.551. The molecule has 2 heteroatoms. The molecular weight excluding hydrogens is 224 g/mol. The van der Waals surface area contributed by atoms with Crippen LogP contribution >= 0.6 is 0 Å². The van der Waals surface area contributed by atoms with Crippen molar-refractivity contribution in [3.63, 3.8) is 0 Å². The molecule has 1 aromatic carbocycles. The first kappa shape index (κ1) is 13.1. The quantitative estimate of drug-likeness (QED) is 0.757. The second-order valence-corrected chi connectivity index (χ2v) is 5.54. The molecule has 1 atom stereocenters. The van der Waals surface area contributed by atoms with Crippen LogP contribution in [0.3, 0.4) is 0 Å². The lowest BCUT2D eigenvalue weighted by Crippen LogP contribution is -2.35. The maximum absolute atomic E-state index is 12.2. The molecule has 0 aromatic heterocycles. The molecule has 0 saturated heterocycles. The third-order valence-electron chi connectivity index (χ3n) is 4.22. The third-order valence-corrected chi connectivity index (χ3v) is 4.22.